The molecule has 4 aromatic rings. The van der Waals surface area contributed by atoms with Gasteiger partial charge in [-0.25, -0.2) is 4.79 Å². The molecule has 0 spiro atoms. The summed E-state index contributed by atoms with van der Waals surface area (Å²) in [5.74, 6) is -3.19. The van der Waals surface area contributed by atoms with E-state index in [-0.39, 0.29) is 43.1 Å². The van der Waals surface area contributed by atoms with Crippen LogP contribution in [0.25, 0.3) is 0 Å². The number of hydrogen-bond acceptors (Lipinski definition) is 17. The van der Waals surface area contributed by atoms with Gasteiger partial charge < -0.3 is 71.9 Å². The summed E-state index contributed by atoms with van der Waals surface area (Å²) in [4.78, 5) is 83.1. The average molecular weight is 1650 g/mol. The fourth-order valence-corrected chi connectivity index (χ4v) is 12.5. The first-order valence-corrected chi connectivity index (χ1v) is 44.5. The predicted molar refractivity (Wildman–Crippen MR) is 477 cm³/mol. The third-order valence-electron chi connectivity index (χ3n) is 19.0. The number of carboxylic acid groups (broad SMARTS) is 4. The van der Waals surface area contributed by atoms with Gasteiger partial charge in [0.1, 0.15) is 6.04 Å². The molecule has 0 fully saturated rings. The molecule has 0 bridgehead atoms. The van der Waals surface area contributed by atoms with Crippen molar-refractivity contribution in [3.8, 4) is 0 Å². The van der Waals surface area contributed by atoms with E-state index in [0.717, 1.165) is 119 Å². The van der Waals surface area contributed by atoms with Crippen molar-refractivity contribution in [3.05, 3.63) is 117 Å². The molecular weight excluding hydrogens is 1490 g/mol. The molecule has 656 valence electrons. The number of rotatable bonds is 53. The Morgan fingerprint density at radius 2 is 0.861 bits per heavy atom. The summed E-state index contributed by atoms with van der Waals surface area (Å²) in [5.41, 5.74) is 18.1. The van der Waals surface area contributed by atoms with E-state index in [1.807, 2.05) is 70.2 Å². The number of unbranched alkanes of at least 4 members (excludes halogenated alkanes) is 32. The summed E-state index contributed by atoms with van der Waals surface area (Å²) in [7, 11) is 0. The lowest BCUT2D eigenvalue weighted by Crippen LogP contribution is -2.43. The highest BCUT2D eigenvalue weighted by Gasteiger charge is 2.20. The molecule has 20 nitrogen and oxygen atoms in total. The molecule has 0 aromatic heterocycles. The minimum atomic E-state index is -0.909. The molecule has 8 N–H and O–H groups in total. The van der Waals surface area contributed by atoms with Crippen LogP contribution >= 0.6 is 23.2 Å². The van der Waals surface area contributed by atoms with E-state index >= 15 is 0 Å². The van der Waals surface area contributed by atoms with Gasteiger partial charge in [0.15, 0.2) is 5.96 Å². The Hall–Kier alpha value is -7.42. The number of hydrogen-bond donors (Lipinski definition) is 6. The number of guanidine groups is 1. The number of nitrogens with two attached hydrogens (primary N) is 2. The van der Waals surface area contributed by atoms with Crippen molar-refractivity contribution in [1.29, 1.82) is 0 Å². The first-order valence-electron chi connectivity index (χ1n) is 43.8. The SMILES string of the molecule is CCCCCCCCCCCC(=O)O.CCCCCCCCCCCC(=O)[O-].CCCCCCCCCCCC(=O)[O-].CCCCCCCCCCCC(=O)[O-].CCCN(c1ccccc1C)C(C)C(N)=O.CCN(CC)CC(=O)Nc1c(C)cccc1C.CCOC(=O)c1ccc(N)cc1.Clc1cccc(Cl)c1NC1=NCCN1. The van der Waals surface area contributed by atoms with Crippen LogP contribution in [0.1, 0.15) is 353 Å². The number of likely N-dealkylation sites (N-methyl/N-ethyl adjacent to an activating group) is 1. The van der Waals surface area contributed by atoms with E-state index in [9.17, 15) is 48.9 Å². The molecule has 0 saturated carbocycles. The number of para-hydroxylation sites is 3. The number of anilines is 4. The van der Waals surface area contributed by atoms with Gasteiger partial charge in [0, 0.05) is 54.5 Å². The topological polar surface area (TPSA) is 325 Å². The largest absolute Gasteiger partial charge is 0.550 e. The molecule has 2 amide bonds. The van der Waals surface area contributed by atoms with Crippen LogP contribution in [0.2, 0.25) is 10.0 Å². The van der Waals surface area contributed by atoms with Crippen LogP contribution in [0.4, 0.5) is 22.7 Å². The van der Waals surface area contributed by atoms with E-state index < -0.39 is 23.9 Å². The lowest BCUT2D eigenvalue weighted by Gasteiger charge is -2.30. The molecule has 1 heterocycles. The maximum Gasteiger partial charge on any atom is 0.338 e. The van der Waals surface area contributed by atoms with Crippen LogP contribution in [-0.2, 0) is 33.5 Å². The number of primary amides is 1. The molecule has 0 radical (unpaired) electrons. The second kappa shape index (κ2) is 79.1. The number of ether oxygens (including phenoxy) is 1. The van der Waals surface area contributed by atoms with Gasteiger partial charge in [0.25, 0.3) is 0 Å². The Morgan fingerprint density at radius 3 is 1.19 bits per heavy atom. The molecule has 5 rings (SSSR count). The summed E-state index contributed by atoms with van der Waals surface area (Å²) < 4.78 is 4.79. The highest BCUT2D eigenvalue weighted by atomic mass is 35.5. The average Bonchev–Trinajstić information content (AvgIpc) is 1.60. The third kappa shape index (κ3) is 68.4. The number of carboxylic acids is 4. The number of amides is 2. The fourth-order valence-electron chi connectivity index (χ4n) is 12.0. The Morgan fingerprint density at radius 1 is 0.496 bits per heavy atom. The van der Waals surface area contributed by atoms with Crippen LogP contribution in [0, 0.1) is 20.8 Å². The fraction of sp³-hybridized carbons (Fsp3) is 0.656. The van der Waals surface area contributed by atoms with E-state index in [2.05, 4.69) is 79.2 Å². The Balaban J connectivity index is -0.00000125. The van der Waals surface area contributed by atoms with Gasteiger partial charge in [-0.2, -0.15) is 0 Å². The summed E-state index contributed by atoms with van der Waals surface area (Å²) in [6, 6.07) is 25.8. The van der Waals surface area contributed by atoms with E-state index in [0.29, 0.717) is 46.6 Å². The second-order valence-electron chi connectivity index (χ2n) is 29.4. The smallest absolute Gasteiger partial charge is 0.338 e. The Kier molecular flexibility index (Phi) is 76.8. The standard InChI is InChI=1S/C14H22N2O.C13H20N2O.4C12H24O2.C9H9Cl2N3.C9H11NO2/c1-5-16(6-2)10-13(17)15-14-11(3)8-7-9-12(14)4;1-4-9-15(11(3)13(14)16)12-8-6-5-7-10(12)2;4*1-2-3-4-5-6-7-8-9-10-11-12(13)14;10-6-2-1-3-7(11)8(6)14-9-12-4-5-13-9;1-2-12-9(11)7-3-5-8(10)6-4-7/h7-9H,5-6,10H2,1-4H3,(H,15,17);5-8,11H,4,9H2,1-3H3,(H2,14,16);4*2-11H2,1H3,(H,13,14);1-3H,4-5H2,(H2,12,13,14);3-6H,2,10H2,1H3/p-3. The van der Waals surface area contributed by atoms with Crippen molar-refractivity contribution in [2.45, 2.75) is 352 Å². The minimum Gasteiger partial charge on any atom is -0.550 e. The van der Waals surface area contributed by atoms with Crippen LogP contribution in [-0.4, -0.2) is 110 Å². The van der Waals surface area contributed by atoms with E-state index in [4.69, 9.17) is 44.5 Å². The molecule has 1 aliphatic heterocycles. The number of aliphatic carboxylic acids is 4. The van der Waals surface area contributed by atoms with Gasteiger partial charge in [0.2, 0.25) is 11.8 Å². The van der Waals surface area contributed by atoms with Crippen LogP contribution < -0.4 is 47.6 Å². The highest BCUT2D eigenvalue weighted by molar-refractivity contribution is 6.39. The van der Waals surface area contributed by atoms with E-state index in [1.165, 1.54) is 185 Å². The summed E-state index contributed by atoms with van der Waals surface area (Å²) >= 11 is 12.0. The van der Waals surface area contributed by atoms with Crippen molar-refractivity contribution >= 4 is 93.6 Å². The van der Waals surface area contributed by atoms with Crippen molar-refractivity contribution in [2.24, 2.45) is 10.7 Å². The highest BCUT2D eigenvalue weighted by Crippen LogP contribution is 2.30. The maximum atomic E-state index is 11.9. The van der Waals surface area contributed by atoms with Crippen LogP contribution in [0.15, 0.2) is 89.9 Å². The lowest BCUT2D eigenvalue weighted by molar-refractivity contribution is -0.307. The normalized spacial score (nSPS) is 11.1. The number of benzene rings is 4. The van der Waals surface area contributed by atoms with Crippen molar-refractivity contribution < 1.29 is 58.7 Å². The molecule has 1 unspecified atom stereocenters. The molecule has 0 saturated heterocycles. The summed E-state index contributed by atoms with van der Waals surface area (Å²) in [6.07, 6.45) is 46.0. The quantitative estimate of drug-likeness (QED) is 0.0136. The molecule has 22 heteroatoms. The number of carbonyl (C=O) groups is 7. The zero-order chi connectivity index (χ0) is 86.5. The molecule has 4 aromatic carbocycles. The van der Waals surface area contributed by atoms with Crippen molar-refractivity contribution in [1.82, 2.24) is 10.2 Å². The van der Waals surface area contributed by atoms with Crippen molar-refractivity contribution in [2.75, 3.05) is 67.1 Å². The first-order chi connectivity index (χ1) is 55.2. The lowest BCUT2D eigenvalue weighted by atomic mass is 10.1. The maximum absolute atomic E-state index is 11.9. The monoisotopic (exact) mass is 1650 g/mol. The van der Waals surface area contributed by atoms with Gasteiger partial charge in [0.05, 0.1) is 41.0 Å². The number of aryl methyl sites for hydroxylation is 3. The molecule has 115 heavy (non-hydrogen) atoms. The zero-order valence-corrected chi connectivity index (χ0v) is 74.8. The number of carbonyl (C=O) groups excluding carboxylic acids is 6. The van der Waals surface area contributed by atoms with Gasteiger partial charge >= 0.3 is 11.9 Å². The second-order valence-corrected chi connectivity index (χ2v) is 30.2. The number of nitrogens with zero attached hydrogens (tertiary/aromatic N) is 3. The zero-order valence-electron chi connectivity index (χ0n) is 73.3. The molecule has 1 atom stereocenters. The number of nitrogens with one attached hydrogen (secondary N) is 3. The number of aliphatic imine (C=N–C) groups is 1. The van der Waals surface area contributed by atoms with Gasteiger partial charge in [-0.3, -0.25) is 24.3 Å². The van der Waals surface area contributed by atoms with Crippen LogP contribution in [0.3, 0.4) is 0 Å². The molecular formula is C93H155Cl2N8O12-3. The molecule has 1 aliphatic rings. The first kappa shape index (κ1) is 112. The van der Waals surface area contributed by atoms with Gasteiger partial charge in [-0.15, -0.1) is 0 Å². The minimum absolute atomic E-state index is 0.0612. The summed E-state index contributed by atoms with van der Waals surface area (Å²) in [6.45, 7) is 29.9. The Bertz CT molecular complexity index is 2950. The molecule has 0 aliphatic carbocycles. The predicted octanol–water partition coefficient (Wildman–Crippen LogP) is 20.4. The van der Waals surface area contributed by atoms with Crippen LogP contribution in [0.5, 0.6) is 0 Å². The number of esters is 1. The van der Waals surface area contributed by atoms with Gasteiger partial charge in [-0.05, 0) is 158 Å². The number of nitrogen functional groups attached to an aromatic ring is 1. The number of halogens is 2. The summed E-state index contributed by atoms with van der Waals surface area (Å²) in [5, 5.41) is 49.0. The van der Waals surface area contributed by atoms with E-state index in [1.54, 1.807) is 49.4 Å². The Labute approximate surface area is 706 Å². The van der Waals surface area contributed by atoms with Gasteiger partial charge in [-0.1, -0.05) is 320 Å². The third-order valence-corrected chi connectivity index (χ3v) is 19.7. The van der Waals surface area contributed by atoms with Crippen molar-refractivity contribution in [3.63, 3.8) is 0 Å².